The number of H-pyrrole nitrogens is 3. The molecule has 0 unspecified atom stereocenters. The van der Waals surface area contributed by atoms with Crippen LogP contribution in [0.5, 0.6) is 0 Å². The van der Waals surface area contributed by atoms with Crippen molar-refractivity contribution in [3.63, 3.8) is 0 Å². The van der Waals surface area contributed by atoms with Gasteiger partial charge in [0.1, 0.15) is 17.5 Å². The molecule has 3 aromatic heterocycles. The summed E-state index contributed by atoms with van der Waals surface area (Å²) in [7, 11) is 0. The van der Waals surface area contributed by atoms with Gasteiger partial charge in [-0.1, -0.05) is 54.6 Å². The second kappa shape index (κ2) is 10.1. The van der Waals surface area contributed by atoms with Gasteiger partial charge in [-0.15, -0.1) is 0 Å². The first-order chi connectivity index (χ1) is 21.2. The van der Waals surface area contributed by atoms with Gasteiger partial charge in [0, 0.05) is 16.7 Å². The molecule has 8 rings (SSSR count). The van der Waals surface area contributed by atoms with E-state index < -0.39 is 0 Å². The lowest BCUT2D eigenvalue weighted by atomic mass is 10.1. The molecule has 0 atom stereocenters. The quantitative estimate of drug-likeness (QED) is 0.172. The first kappa shape index (κ1) is 24.8. The number of carbonyl (C=O) groups excluding carboxylic acids is 1. The van der Waals surface area contributed by atoms with Crippen LogP contribution in [0.4, 0.5) is 0 Å². The van der Waals surface area contributed by atoms with E-state index in [2.05, 4.69) is 61.7 Å². The third-order valence-corrected chi connectivity index (χ3v) is 7.60. The molecule has 43 heavy (non-hydrogen) atoms. The number of fused-ring (bicyclic) bond motifs is 3. The highest BCUT2D eigenvalue weighted by molar-refractivity contribution is 5.94. The van der Waals surface area contributed by atoms with E-state index in [9.17, 15) is 4.79 Å². The Bertz CT molecular complexity index is 2260. The Morgan fingerprint density at radius 2 is 1.05 bits per heavy atom. The zero-order valence-corrected chi connectivity index (χ0v) is 22.9. The van der Waals surface area contributed by atoms with Crippen molar-refractivity contribution in [2.75, 3.05) is 0 Å². The lowest BCUT2D eigenvalue weighted by Crippen LogP contribution is -2.23. The maximum absolute atomic E-state index is 12.4. The largest absolute Gasteiger partial charge is 0.345 e. The van der Waals surface area contributed by atoms with Crippen molar-refractivity contribution in [3.05, 3.63) is 127 Å². The van der Waals surface area contributed by atoms with Crippen LogP contribution in [0.15, 0.2) is 115 Å². The number of imidazole rings is 3. The molecule has 5 aromatic carbocycles. The van der Waals surface area contributed by atoms with E-state index >= 15 is 0 Å². The molecular formula is C35H25N7O. The monoisotopic (exact) mass is 559 g/mol. The molecule has 8 heteroatoms. The normalized spacial score (nSPS) is 11.4. The Labute approximate surface area is 245 Å². The second-order valence-electron chi connectivity index (χ2n) is 10.5. The molecule has 0 fully saturated rings. The van der Waals surface area contributed by atoms with E-state index in [4.69, 9.17) is 9.97 Å². The fourth-order valence-corrected chi connectivity index (χ4v) is 5.40. The Morgan fingerprint density at radius 3 is 1.67 bits per heavy atom. The minimum Gasteiger partial charge on any atom is -0.345 e. The summed E-state index contributed by atoms with van der Waals surface area (Å²) in [6, 6.07) is 37.9. The van der Waals surface area contributed by atoms with E-state index in [1.54, 1.807) is 12.1 Å². The second-order valence-corrected chi connectivity index (χ2v) is 10.5. The number of hydrogen-bond donors (Lipinski definition) is 4. The molecule has 0 saturated carbocycles. The molecule has 206 valence electrons. The SMILES string of the molecule is O=C(NCc1nc2ccc(-c3nc4ccc(-c5nc6ccc(-c7ccccc7)cc6[nH]5)cc4[nH]3)cc2[nH]1)c1ccccc1. The summed E-state index contributed by atoms with van der Waals surface area (Å²) in [5.74, 6) is 2.12. The lowest BCUT2D eigenvalue weighted by molar-refractivity contribution is 0.0950. The number of aromatic amines is 3. The van der Waals surface area contributed by atoms with E-state index in [-0.39, 0.29) is 5.91 Å². The van der Waals surface area contributed by atoms with Crippen molar-refractivity contribution in [3.8, 4) is 33.9 Å². The molecule has 0 aliphatic carbocycles. The number of carbonyl (C=O) groups is 1. The molecule has 0 bridgehead atoms. The van der Waals surface area contributed by atoms with Crippen LogP contribution in [0.2, 0.25) is 0 Å². The van der Waals surface area contributed by atoms with Gasteiger partial charge in [0.25, 0.3) is 5.91 Å². The predicted molar refractivity (Wildman–Crippen MR) is 169 cm³/mol. The maximum Gasteiger partial charge on any atom is 0.251 e. The molecular weight excluding hydrogens is 534 g/mol. The zero-order valence-electron chi connectivity index (χ0n) is 22.9. The van der Waals surface area contributed by atoms with Crippen LogP contribution in [0.1, 0.15) is 16.2 Å². The Hall–Kier alpha value is -6.02. The smallest absolute Gasteiger partial charge is 0.251 e. The van der Waals surface area contributed by atoms with Crippen molar-refractivity contribution >= 4 is 39.0 Å². The minimum absolute atomic E-state index is 0.136. The fraction of sp³-hybridized carbons (Fsp3) is 0.0286. The van der Waals surface area contributed by atoms with E-state index in [1.165, 1.54) is 5.56 Å². The van der Waals surface area contributed by atoms with Crippen LogP contribution in [-0.4, -0.2) is 35.8 Å². The molecule has 0 aliphatic heterocycles. The fourth-order valence-electron chi connectivity index (χ4n) is 5.40. The van der Waals surface area contributed by atoms with Crippen molar-refractivity contribution in [2.24, 2.45) is 0 Å². The molecule has 0 spiro atoms. The molecule has 3 heterocycles. The van der Waals surface area contributed by atoms with Crippen molar-refractivity contribution in [1.82, 2.24) is 35.2 Å². The van der Waals surface area contributed by atoms with E-state index in [0.717, 1.165) is 61.4 Å². The highest BCUT2D eigenvalue weighted by Gasteiger charge is 2.13. The van der Waals surface area contributed by atoms with Crippen LogP contribution < -0.4 is 5.32 Å². The average Bonchev–Trinajstić information content (AvgIpc) is 3.79. The Balaban J connectivity index is 1.04. The number of nitrogens with zero attached hydrogens (tertiary/aromatic N) is 3. The number of nitrogens with one attached hydrogen (secondary N) is 4. The predicted octanol–water partition coefficient (Wildman–Crippen LogP) is 7.25. The molecule has 0 aliphatic rings. The average molecular weight is 560 g/mol. The summed E-state index contributed by atoms with van der Waals surface area (Å²) in [6.07, 6.45) is 0. The summed E-state index contributed by atoms with van der Waals surface area (Å²) in [5, 5.41) is 2.92. The number of rotatable bonds is 6. The summed E-state index contributed by atoms with van der Waals surface area (Å²) in [6.45, 7) is 0.306. The van der Waals surface area contributed by atoms with Gasteiger partial charge >= 0.3 is 0 Å². The summed E-state index contributed by atoms with van der Waals surface area (Å²) < 4.78 is 0. The van der Waals surface area contributed by atoms with Crippen molar-refractivity contribution < 1.29 is 4.79 Å². The van der Waals surface area contributed by atoms with Gasteiger partial charge in [0.05, 0.1) is 39.6 Å². The Kier molecular flexibility index (Phi) is 5.82. The van der Waals surface area contributed by atoms with Gasteiger partial charge in [-0.05, 0) is 71.8 Å². The standard InChI is InChI=1S/C35H25N7O/c43-35(22-9-5-2-6-10-22)36-20-32-37-26-15-12-24(18-29(26)38-32)33-40-28-16-13-25(19-31(28)42-33)34-39-27-14-11-23(17-30(27)41-34)21-7-3-1-4-8-21/h1-19H,20H2,(H,36,43)(H,37,38)(H,39,41)(H,40,42). The third kappa shape index (κ3) is 4.70. The van der Waals surface area contributed by atoms with Crippen LogP contribution in [-0.2, 0) is 6.54 Å². The number of benzene rings is 5. The van der Waals surface area contributed by atoms with E-state index in [0.29, 0.717) is 17.9 Å². The Morgan fingerprint density at radius 1 is 0.535 bits per heavy atom. The molecule has 8 aromatic rings. The van der Waals surface area contributed by atoms with Gasteiger partial charge in [-0.2, -0.15) is 0 Å². The first-order valence-corrected chi connectivity index (χ1v) is 14.0. The lowest BCUT2D eigenvalue weighted by Gasteiger charge is -2.02. The molecule has 4 N–H and O–H groups in total. The number of aromatic nitrogens is 6. The van der Waals surface area contributed by atoms with E-state index in [1.807, 2.05) is 66.7 Å². The molecule has 0 saturated heterocycles. The van der Waals surface area contributed by atoms with Crippen molar-refractivity contribution in [1.29, 1.82) is 0 Å². The van der Waals surface area contributed by atoms with Gasteiger partial charge in [0.15, 0.2) is 0 Å². The molecule has 8 nitrogen and oxygen atoms in total. The van der Waals surface area contributed by atoms with Gasteiger partial charge in [-0.25, -0.2) is 15.0 Å². The van der Waals surface area contributed by atoms with Crippen LogP contribution >= 0.6 is 0 Å². The minimum atomic E-state index is -0.136. The summed E-state index contributed by atoms with van der Waals surface area (Å²) in [5.41, 5.74) is 10.3. The molecule has 0 radical (unpaired) electrons. The highest BCUT2D eigenvalue weighted by Crippen LogP contribution is 2.29. The summed E-state index contributed by atoms with van der Waals surface area (Å²) >= 11 is 0. The van der Waals surface area contributed by atoms with Gasteiger partial charge in [0.2, 0.25) is 0 Å². The van der Waals surface area contributed by atoms with Crippen LogP contribution in [0.25, 0.3) is 67.0 Å². The summed E-state index contributed by atoms with van der Waals surface area (Å²) in [4.78, 5) is 37.0. The number of hydrogen-bond acceptors (Lipinski definition) is 4. The van der Waals surface area contributed by atoms with Crippen LogP contribution in [0, 0.1) is 0 Å². The highest BCUT2D eigenvalue weighted by atomic mass is 16.1. The third-order valence-electron chi connectivity index (χ3n) is 7.60. The van der Waals surface area contributed by atoms with Crippen molar-refractivity contribution in [2.45, 2.75) is 6.54 Å². The molecule has 1 amide bonds. The van der Waals surface area contributed by atoms with Gasteiger partial charge in [-0.3, -0.25) is 4.79 Å². The zero-order chi connectivity index (χ0) is 28.8. The van der Waals surface area contributed by atoms with Gasteiger partial charge < -0.3 is 20.3 Å². The number of amides is 1. The maximum atomic E-state index is 12.4. The topological polar surface area (TPSA) is 115 Å². The first-order valence-electron chi connectivity index (χ1n) is 14.0. The van der Waals surface area contributed by atoms with Crippen LogP contribution in [0.3, 0.4) is 0 Å².